The Morgan fingerprint density at radius 1 is 1.29 bits per heavy atom. The van der Waals surface area contributed by atoms with Crippen molar-refractivity contribution < 1.29 is 23.1 Å². The zero-order valence-corrected chi connectivity index (χ0v) is 9.55. The van der Waals surface area contributed by atoms with Gasteiger partial charge in [0.2, 0.25) is 0 Å². The largest absolute Gasteiger partial charge is 0.549 e. The van der Waals surface area contributed by atoms with Crippen LogP contribution < -0.4 is 5.11 Å². The Hall–Kier alpha value is -1.17. The molecule has 0 amide bonds. The van der Waals surface area contributed by atoms with Crippen LogP contribution >= 0.6 is 11.8 Å². The lowest BCUT2D eigenvalue weighted by molar-refractivity contribution is -0.324. The number of rotatable bonds is 5. The van der Waals surface area contributed by atoms with Crippen molar-refractivity contribution in [3.05, 3.63) is 35.9 Å². The van der Waals surface area contributed by atoms with Crippen LogP contribution in [0.25, 0.3) is 0 Å². The summed E-state index contributed by atoms with van der Waals surface area (Å²) in [6.45, 7) is 0. The van der Waals surface area contributed by atoms with Crippen LogP contribution in [0, 0.1) is 5.92 Å². The van der Waals surface area contributed by atoms with Gasteiger partial charge in [0.1, 0.15) is 5.92 Å². The number of carbonyl (C=O) groups excluding carboxylic acids is 1. The molecule has 0 aromatic heterocycles. The maximum atomic E-state index is 12.3. The molecule has 0 bridgehead atoms. The van der Waals surface area contributed by atoms with E-state index in [1.54, 1.807) is 30.3 Å². The Labute approximate surface area is 101 Å². The van der Waals surface area contributed by atoms with Gasteiger partial charge in [0, 0.05) is 11.5 Å². The van der Waals surface area contributed by atoms with E-state index in [0.29, 0.717) is 5.75 Å². The van der Waals surface area contributed by atoms with Crippen molar-refractivity contribution in [2.45, 2.75) is 11.9 Å². The monoisotopic (exact) mass is 263 g/mol. The van der Waals surface area contributed by atoms with E-state index >= 15 is 0 Å². The lowest BCUT2D eigenvalue weighted by Gasteiger charge is -2.20. The number of carbonyl (C=O) groups is 1. The highest BCUT2D eigenvalue weighted by molar-refractivity contribution is 7.98. The first-order valence-electron chi connectivity index (χ1n) is 4.80. The number of alkyl halides is 3. The Bertz CT molecular complexity index is 365. The highest BCUT2D eigenvalue weighted by Crippen LogP contribution is 2.29. The molecule has 0 heterocycles. The number of hydrogen-bond acceptors (Lipinski definition) is 3. The number of carboxylic acids is 1. The van der Waals surface area contributed by atoms with Gasteiger partial charge >= 0.3 is 6.18 Å². The average molecular weight is 263 g/mol. The van der Waals surface area contributed by atoms with E-state index in [2.05, 4.69) is 0 Å². The third-order valence-electron chi connectivity index (χ3n) is 2.08. The number of aliphatic carboxylic acids is 1. The fourth-order valence-corrected chi connectivity index (χ4v) is 2.27. The summed E-state index contributed by atoms with van der Waals surface area (Å²) in [5.74, 6) is -4.66. The second kappa shape index (κ2) is 5.95. The van der Waals surface area contributed by atoms with Crippen LogP contribution in [0.2, 0.25) is 0 Å². The van der Waals surface area contributed by atoms with Crippen molar-refractivity contribution in [2.75, 3.05) is 5.75 Å². The normalized spacial score (nSPS) is 13.4. The quantitative estimate of drug-likeness (QED) is 0.814. The maximum Gasteiger partial charge on any atom is 0.397 e. The van der Waals surface area contributed by atoms with Crippen molar-refractivity contribution in [3.63, 3.8) is 0 Å². The summed E-state index contributed by atoms with van der Waals surface area (Å²) in [6.07, 6.45) is -4.75. The van der Waals surface area contributed by atoms with Crippen LogP contribution in [-0.2, 0) is 10.5 Å². The topological polar surface area (TPSA) is 40.1 Å². The summed E-state index contributed by atoms with van der Waals surface area (Å²) in [4.78, 5) is 10.3. The number of thioether (sulfide) groups is 1. The molecule has 0 N–H and O–H groups in total. The van der Waals surface area contributed by atoms with Crippen LogP contribution in [0.15, 0.2) is 30.3 Å². The molecule has 94 valence electrons. The predicted octanol–water partition coefficient (Wildman–Crippen LogP) is 1.85. The fraction of sp³-hybridized carbons (Fsp3) is 0.364. The van der Waals surface area contributed by atoms with Gasteiger partial charge in [-0.3, -0.25) is 0 Å². The van der Waals surface area contributed by atoms with Gasteiger partial charge in [-0.2, -0.15) is 24.9 Å². The van der Waals surface area contributed by atoms with E-state index in [0.717, 1.165) is 17.3 Å². The molecule has 17 heavy (non-hydrogen) atoms. The van der Waals surface area contributed by atoms with Gasteiger partial charge in [-0.05, 0) is 5.56 Å². The first kappa shape index (κ1) is 13.9. The molecule has 1 aromatic carbocycles. The van der Waals surface area contributed by atoms with Crippen LogP contribution in [0.4, 0.5) is 13.2 Å². The Balaban J connectivity index is 2.46. The summed E-state index contributed by atoms with van der Waals surface area (Å²) in [5.41, 5.74) is 0.858. The van der Waals surface area contributed by atoms with E-state index < -0.39 is 23.8 Å². The molecular formula is C11H10F3O2S-. The Morgan fingerprint density at radius 2 is 1.88 bits per heavy atom. The molecule has 0 aliphatic rings. The molecule has 6 heteroatoms. The molecule has 1 atom stereocenters. The zero-order chi connectivity index (χ0) is 12.9. The molecule has 0 saturated carbocycles. The van der Waals surface area contributed by atoms with Crippen molar-refractivity contribution in [1.29, 1.82) is 0 Å². The maximum absolute atomic E-state index is 12.3. The predicted molar refractivity (Wildman–Crippen MR) is 57.2 cm³/mol. The Kier molecular flexibility index (Phi) is 4.86. The third-order valence-corrected chi connectivity index (χ3v) is 3.18. The minimum Gasteiger partial charge on any atom is -0.549 e. The number of carboxylic acid groups (broad SMARTS) is 1. The second-order valence-electron chi connectivity index (χ2n) is 3.41. The van der Waals surface area contributed by atoms with Gasteiger partial charge in [0.05, 0.1) is 5.97 Å². The third kappa shape index (κ3) is 4.68. The fourth-order valence-electron chi connectivity index (χ4n) is 1.17. The first-order valence-corrected chi connectivity index (χ1v) is 5.96. The van der Waals surface area contributed by atoms with Crippen molar-refractivity contribution in [2.24, 2.45) is 5.92 Å². The summed E-state index contributed by atoms with van der Waals surface area (Å²) in [6, 6.07) is 8.89. The minimum absolute atomic E-state index is 0.348. The zero-order valence-electron chi connectivity index (χ0n) is 8.74. The number of hydrogen-bond donors (Lipinski definition) is 0. The highest BCUT2D eigenvalue weighted by Gasteiger charge is 2.40. The molecular weight excluding hydrogens is 253 g/mol. The van der Waals surface area contributed by atoms with E-state index in [4.69, 9.17) is 0 Å². The summed E-state index contributed by atoms with van der Waals surface area (Å²) in [7, 11) is 0. The Morgan fingerprint density at radius 3 is 2.35 bits per heavy atom. The van der Waals surface area contributed by atoms with Gasteiger partial charge in [-0.15, -0.1) is 0 Å². The standard InChI is InChI=1S/C11H11F3O2S/c12-11(13,14)9(10(15)16)7-17-6-8-4-2-1-3-5-8/h1-5,9H,6-7H2,(H,15,16)/p-1/t9-/m0/s1. The second-order valence-corrected chi connectivity index (χ2v) is 4.44. The van der Waals surface area contributed by atoms with Gasteiger partial charge in [0.25, 0.3) is 0 Å². The van der Waals surface area contributed by atoms with Gasteiger partial charge < -0.3 is 9.90 Å². The van der Waals surface area contributed by atoms with E-state index in [9.17, 15) is 23.1 Å². The van der Waals surface area contributed by atoms with E-state index in [1.165, 1.54) is 0 Å². The number of halogens is 3. The highest BCUT2D eigenvalue weighted by atomic mass is 32.2. The van der Waals surface area contributed by atoms with Crippen LogP contribution in [0.1, 0.15) is 5.56 Å². The summed E-state index contributed by atoms with van der Waals surface area (Å²) in [5, 5.41) is 10.3. The minimum atomic E-state index is -4.75. The van der Waals surface area contributed by atoms with Gasteiger partial charge in [-0.1, -0.05) is 30.3 Å². The van der Waals surface area contributed by atoms with Gasteiger partial charge in [0.15, 0.2) is 0 Å². The summed E-state index contributed by atoms with van der Waals surface area (Å²) >= 11 is 0.929. The van der Waals surface area contributed by atoms with Gasteiger partial charge in [-0.25, -0.2) is 0 Å². The first-order chi connectivity index (χ1) is 7.91. The molecule has 0 fully saturated rings. The molecule has 0 spiro atoms. The van der Waals surface area contributed by atoms with E-state index in [1.807, 2.05) is 0 Å². The SMILES string of the molecule is O=C([O-])[C@H](CSCc1ccccc1)C(F)(F)F. The number of benzene rings is 1. The van der Waals surface area contributed by atoms with Crippen molar-refractivity contribution >= 4 is 17.7 Å². The molecule has 1 rings (SSSR count). The van der Waals surface area contributed by atoms with Crippen LogP contribution in [-0.4, -0.2) is 17.9 Å². The lowest BCUT2D eigenvalue weighted by Crippen LogP contribution is -2.42. The average Bonchev–Trinajstić information content (AvgIpc) is 2.23. The smallest absolute Gasteiger partial charge is 0.397 e. The van der Waals surface area contributed by atoms with Crippen LogP contribution in [0.5, 0.6) is 0 Å². The molecule has 1 aromatic rings. The van der Waals surface area contributed by atoms with Crippen molar-refractivity contribution in [3.8, 4) is 0 Å². The van der Waals surface area contributed by atoms with E-state index in [-0.39, 0.29) is 0 Å². The lowest BCUT2D eigenvalue weighted by atomic mass is 10.2. The molecule has 0 aliphatic heterocycles. The molecule has 2 nitrogen and oxygen atoms in total. The van der Waals surface area contributed by atoms with Crippen LogP contribution in [0.3, 0.4) is 0 Å². The summed E-state index contributed by atoms with van der Waals surface area (Å²) < 4.78 is 36.8. The molecule has 0 radical (unpaired) electrons. The molecule has 0 aliphatic carbocycles. The molecule has 0 unspecified atom stereocenters. The van der Waals surface area contributed by atoms with Crippen molar-refractivity contribution in [1.82, 2.24) is 0 Å². The molecule has 0 saturated heterocycles.